The van der Waals surface area contributed by atoms with Crippen LogP contribution in [0.5, 0.6) is 5.75 Å². The van der Waals surface area contributed by atoms with Gasteiger partial charge in [-0.25, -0.2) is 14.3 Å². The van der Waals surface area contributed by atoms with Crippen LogP contribution < -0.4 is 10.1 Å². The van der Waals surface area contributed by atoms with Gasteiger partial charge in [0.2, 0.25) is 5.95 Å². The highest BCUT2D eigenvalue weighted by Gasteiger charge is 2.15. The van der Waals surface area contributed by atoms with Gasteiger partial charge in [-0.1, -0.05) is 48.0 Å². The van der Waals surface area contributed by atoms with Crippen LogP contribution in [0.25, 0.3) is 0 Å². The molecule has 4 aromatic rings. The number of rotatable bonds is 7. The lowest BCUT2D eigenvalue weighted by Gasteiger charge is -2.10. The van der Waals surface area contributed by atoms with Gasteiger partial charge >= 0.3 is 0 Å². The van der Waals surface area contributed by atoms with Gasteiger partial charge in [0.1, 0.15) is 17.8 Å². The number of carbonyl (C=O) groups excluding carboxylic acids is 1. The van der Waals surface area contributed by atoms with Crippen LogP contribution >= 0.6 is 11.6 Å². The van der Waals surface area contributed by atoms with Crippen LogP contribution in [0.4, 0.5) is 5.95 Å². The van der Waals surface area contributed by atoms with E-state index in [0.29, 0.717) is 23.0 Å². The second-order valence-electron chi connectivity index (χ2n) is 6.57. The second-order valence-corrected chi connectivity index (χ2v) is 6.97. The van der Waals surface area contributed by atoms with Gasteiger partial charge in [-0.2, -0.15) is 5.10 Å². The van der Waals surface area contributed by atoms with E-state index < -0.39 is 0 Å². The molecule has 0 aliphatic heterocycles. The van der Waals surface area contributed by atoms with Gasteiger partial charge in [0.05, 0.1) is 11.6 Å². The van der Waals surface area contributed by atoms with Gasteiger partial charge in [0, 0.05) is 6.20 Å². The Kier molecular flexibility index (Phi) is 5.76. The molecule has 0 aliphatic carbocycles. The number of anilines is 1. The summed E-state index contributed by atoms with van der Waals surface area (Å²) in [4.78, 5) is 16.8. The van der Waals surface area contributed by atoms with E-state index in [1.165, 1.54) is 16.4 Å². The van der Waals surface area contributed by atoms with Crippen LogP contribution in [-0.4, -0.2) is 30.5 Å². The number of carbonyl (C=O) groups is 1. The first-order chi connectivity index (χ1) is 14.6. The molecule has 9 heteroatoms. The van der Waals surface area contributed by atoms with Crippen molar-refractivity contribution in [2.24, 2.45) is 0 Å². The maximum absolute atomic E-state index is 12.7. The summed E-state index contributed by atoms with van der Waals surface area (Å²) in [5.74, 6) is 0.342. The zero-order chi connectivity index (χ0) is 20.9. The van der Waals surface area contributed by atoms with E-state index in [9.17, 15) is 4.79 Å². The summed E-state index contributed by atoms with van der Waals surface area (Å²) >= 11 is 6.09. The van der Waals surface area contributed by atoms with Gasteiger partial charge in [-0.05, 0) is 36.2 Å². The van der Waals surface area contributed by atoms with E-state index in [1.807, 2.05) is 43.3 Å². The molecule has 0 fully saturated rings. The number of nitrogens with zero attached hydrogens (tertiary/aromatic N) is 5. The Balaban J connectivity index is 1.40. The summed E-state index contributed by atoms with van der Waals surface area (Å²) in [7, 11) is 0. The summed E-state index contributed by atoms with van der Waals surface area (Å²) in [5.41, 5.74) is 2.62. The molecule has 0 saturated heterocycles. The number of halogens is 1. The summed E-state index contributed by atoms with van der Waals surface area (Å²) in [6.07, 6.45) is 3.11. The molecular formula is C21H19ClN6O2. The van der Waals surface area contributed by atoms with Crippen LogP contribution in [0.3, 0.4) is 0 Å². The van der Waals surface area contributed by atoms with Gasteiger partial charge in [-0.3, -0.25) is 10.1 Å². The van der Waals surface area contributed by atoms with Crippen molar-refractivity contribution in [1.82, 2.24) is 24.5 Å². The van der Waals surface area contributed by atoms with Crippen LogP contribution in [-0.2, 0) is 13.3 Å². The van der Waals surface area contributed by atoms with E-state index in [-0.39, 0.29) is 18.6 Å². The molecule has 1 amide bonds. The molecule has 152 valence electrons. The lowest BCUT2D eigenvalue weighted by atomic mass is 10.1. The smallest absolute Gasteiger partial charge is 0.276 e. The molecule has 4 rings (SSSR count). The molecule has 0 saturated carbocycles. The molecule has 8 nitrogen and oxygen atoms in total. The Morgan fingerprint density at radius 1 is 1.13 bits per heavy atom. The van der Waals surface area contributed by atoms with Crippen molar-refractivity contribution < 1.29 is 9.53 Å². The predicted molar refractivity (Wildman–Crippen MR) is 113 cm³/mol. The molecule has 2 aromatic carbocycles. The highest BCUT2D eigenvalue weighted by molar-refractivity contribution is 6.32. The topological polar surface area (TPSA) is 86.9 Å². The van der Waals surface area contributed by atoms with Crippen molar-refractivity contribution in [2.75, 3.05) is 5.32 Å². The second kappa shape index (κ2) is 8.79. The molecule has 0 aliphatic rings. The highest BCUT2D eigenvalue weighted by atomic mass is 35.5. The van der Waals surface area contributed by atoms with E-state index >= 15 is 0 Å². The van der Waals surface area contributed by atoms with Crippen LogP contribution in [0.2, 0.25) is 5.02 Å². The Morgan fingerprint density at radius 2 is 1.93 bits per heavy atom. The maximum atomic E-state index is 12.7. The first kappa shape index (κ1) is 19.7. The van der Waals surface area contributed by atoms with Crippen LogP contribution in [0, 0.1) is 6.92 Å². The maximum Gasteiger partial charge on any atom is 0.276 e. The third kappa shape index (κ3) is 4.49. The standard InChI is InChI=1S/C21H19ClN6O2/c1-15-6-2-3-7-16(15)12-27-13-23-21(26-27)25-20(29)18-10-11-24-28(18)14-30-19-9-5-4-8-17(19)22/h2-11,13H,12,14H2,1H3,(H,25,26,29). The van der Waals surface area contributed by atoms with E-state index in [4.69, 9.17) is 16.3 Å². The van der Waals surface area contributed by atoms with E-state index in [1.54, 1.807) is 29.2 Å². The Labute approximate surface area is 178 Å². The molecule has 2 aromatic heterocycles. The summed E-state index contributed by atoms with van der Waals surface area (Å²) in [6, 6.07) is 16.7. The van der Waals surface area contributed by atoms with Crippen molar-refractivity contribution in [1.29, 1.82) is 0 Å². The van der Waals surface area contributed by atoms with Gasteiger partial charge in [0.15, 0.2) is 6.73 Å². The van der Waals surface area contributed by atoms with Crippen molar-refractivity contribution >= 4 is 23.5 Å². The number of hydrogen-bond acceptors (Lipinski definition) is 5. The number of amides is 1. The minimum absolute atomic E-state index is 0.0363. The number of para-hydroxylation sites is 1. The fourth-order valence-corrected chi connectivity index (χ4v) is 3.07. The predicted octanol–water partition coefficient (Wildman–Crippen LogP) is 3.77. The zero-order valence-corrected chi connectivity index (χ0v) is 17.0. The normalized spacial score (nSPS) is 10.7. The molecule has 30 heavy (non-hydrogen) atoms. The molecule has 2 heterocycles. The first-order valence-electron chi connectivity index (χ1n) is 9.24. The van der Waals surface area contributed by atoms with Crippen LogP contribution in [0.15, 0.2) is 67.1 Å². The number of hydrogen-bond donors (Lipinski definition) is 1. The Bertz CT molecular complexity index is 1170. The minimum Gasteiger partial charge on any atom is -0.470 e. The molecule has 0 unspecified atom stereocenters. The minimum atomic E-state index is -0.385. The lowest BCUT2D eigenvalue weighted by molar-refractivity contribution is 0.100. The fraction of sp³-hybridized carbons (Fsp3) is 0.143. The number of aryl methyl sites for hydroxylation is 1. The SMILES string of the molecule is Cc1ccccc1Cn1cnc(NC(=O)c2ccnn2COc2ccccc2Cl)n1. The average Bonchev–Trinajstić information content (AvgIpc) is 3.38. The molecule has 0 atom stereocenters. The fourth-order valence-electron chi connectivity index (χ4n) is 2.88. The third-order valence-electron chi connectivity index (χ3n) is 4.48. The Hall–Kier alpha value is -3.65. The van der Waals surface area contributed by atoms with Gasteiger partial charge in [-0.15, -0.1) is 5.10 Å². The van der Waals surface area contributed by atoms with Crippen molar-refractivity contribution in [2.45, 2.75) is 20.2 Å². The molecular weight excluding hydrogens is 404 g/mol. The van der Waals surface area contributed by atoms with E-state index in [0.717, 1.165) is 5.56 Å². The number of nitrogens with one attached hydrogen (secondary N) is 1. The van der Waals surface area contributed by atoms with E-state index in [2.05, 4.69) is 20.5 Å². The van der Waals surface area contributed by atoms with Crippen molar-refractivity contribution in [3.63, 3.8) is 0 Å². The summed E-state index contributed by atoms with van der Waals surface area (Å²) < 4.78 is 8.77. The number of aromatic nitrogens is 5. The first-order valence-corrected chi connectivity index (χ1v) is 9.62. The molecule has 0 bridgehead atoms. The van der Waals surface area contributed by atoms with Crippen molar-refractivity contribution in [3.8, 4) is 5.75 Å². The molecule has 0 radical (unpaired) electrons. The largest absolute Gasteiger partial charge is 0.470 e. The molecule has 1 N–H and O–H groups in total. The monoisotopic (exact) mass is 422 g/mol. The number of ether oxygens (including phenoxy) is 1. The zero-order valence-electron chi connectivity index (χ0n) is 16.2. The summed E-state index contributed by atoms with van der Waals surface area (Å²) in [6.45, 7) is 2.65. The average molecular weight is 423 g/mol. The Morgan fingerprint density at radius 3 is 2.77 bits per heavy atom. The van der Waals surface area contributed by atoms with Gasteiger partial charge < -0.3 is 4.74 Å². The molecule has 0 spiro atoms. The summed E-state index contributed by atoms with van der Waals surface area (Å²) in [5, 5.41) is 11.6. The lowest BCUT2D eigenvalue weighted by Crippen LogP contribution is -2.20. The van der Waals surface area contributed by atoms with Crippen LogP contribution in [0.1, 0.15) is 21.6 Å². The quantitative estimate of drug-likeness (QED) is 0.490. The van der Waals surface area contributed by atoms with Crippen molar-refractivity contribution in [3.05, 3.63) is 89.0 Å². The highest BCUT2D eigenvalue weighted by Crippen LogP contribution is 2.23. The number of benzene rings is 2. The van der Waals surface area contributed by atoms with Gasteiger partial charge in [0.25, 0.3) is 5.91 Å². The third-order valence-corrected chi connectivity index (χ3v) is 4.80.